The number of phosphoric acid groups is 2. The number of aliphatic hydroxyl groups is 1. The van der Waals surface area contributed by atoms with Gasteiger partial charge < -0.3 is 39.7 Å². The molecule has 0 spiro atoms. The van der Waals surface area contributed by atoms with E-state index in [1.807, 2.05) is 31.2 Å². The minimum atomic E-state index is -4.80. The van der Waals surface area contributed by atoms with Gasteiger partial charge in [0.1, 0.15) is 30.6 Å². The number of allylic oxidation sites excluding steroid dienone is 1. The molecule has 0 radical (unpaired) electrons. The second-order valence-corrected chi connectivity index (χ2v) is 20.4. The maximum Gasteiger partial charge on any atom is 0.472 e. The van der Waals surface area contributed by atoms with Crippen molar-refractivity contribution in [1.82, 2.24) is 25.6 Å². The third-order valence-electron chi connectivity index (χ3n) is 12.3. The molecule has 3 aliphatic heterocycles. The lowest BCUT2D eigenvalue weighted by atomic mass is 9.79. The smallest absolute Gasteiger partial charge is 0.446 e. The molecule has 22 nitrogen and oxygen atoms in total. The number of aliphatic hydroxyl groups excluding tert-OH is 1. The van der Waals surface area contributed by atoms with Crippen LogP contribution < -0.4 is 27.3 Å². The van der Waals surface area contributed by atoms with E-state index < -0.39 is 89.6 Å². The summed E-state index contributed by atoms with van der Waals surface area (Å²) in [6, 6.07) is 7.92. The first-order valence-corrected chi connectivity index (χ1v) is 26.4. The Bertz CT molecular complexity index is 2310. The van der Waals surface area contributed by atoms with Crippen molar-refractivity contribution in [3.05, 3.63) is 79.3 Å². The van der Waals surface area contributed by atoms with Crippen LogP contribution in [0.3, 0.4) is 0 Å². The van der Waals surface area contributed by atoms with Gasteiger partial charge in [0.05, 0.1) is 38.1 Å². The highest BCUT2D eigenvalue weighted by atomic mass is 31.2. The number of aromatic amines is 1. The molecule has 1 aliphatic carbocycles. The van der Waals surface area contributed by atoms with Gasteiger partial charge in [-0.3, -0.25) is 42.7 Å². The number of alkyl carbamates (subject to hydrolysis) is 1. The number of unbranched alkanes of at least 4 members (excludes halogenated alkanes) is 4. The molecule has 2 aromatic rings. The number of nitrogens with one attached hydrogen (secondary N) is 4. The molecule has 0 bridgehead atoms. The molecular weight excluding hydrogens is 930 g/mol. The molecule has 378 valence electrons. The maximum atomic E-state index is 12.9. The fourth-order valence-corrected chi connectivity index (χ4v) is 10.3. The van der Waals surface area contributed by atoms with Crippen molar-refractivity contribution in [2.45, 2.75) is 141 Å². The Hall–Kier alpha value is -4.05. The van der Waals surface area contributed by atoms with Crippen molar-refractivity contribution in [2.75, 3.05) is 39.5 Å². The predicted molar refractivity (Wildman–Crippen MR) is 246 cm³/mol. The summed E-state index contributed by atoms with van der Waals surface area (Å²) in [6.45, 7) is 4.63. The topological polar surface area (TPSA) is 297 Å². The molecule has 7 N–H and O–H groups in total. The minimum Gasteiger partial charge on any atom is -0.446 e. The Morgan fingerprint density at radius 3 is 2.44 bits per heavy atom. The van der Waals surface area contributed by atoms with E-state index >= 15 is 0 Å². The van der Waals surface area contributed by atoms with E-state index in [0.29, 0.717) is 25.8 Å². The van der Waals surface area contributed by atoms with Crippen LogP contribution in [0.15, 0.2) is 56.4 Å². The van der Waals surface area contributed by atoms with Crippen molar-refractivity contribution in [2.24, 2.45) is 11.0 Å². The van der Waals surface area contributed by atoms with Gasteiger partial charge in [-0.1, -0.05) is 63.3 Å². The normalized spacial score (nSPS) is 25.8. The van der Waals surface area contributed by atoms with Crippen molar-refractivity contribution in [1.29, 1.82) is 0 Å². The Kier molecular flexibility index (Phi) is 19.7. The van der Waals surface area contributed by atoms with Gasteiger partial charge in [0.2, 0.25) is 5.91 Å². The highest BCUT2D eigenvalue weighted by molar-refractivity contribution is 7.47. The molecule has 2 saturated heterocycles. The summed E-state index contributed by atoms with van der Waals surface area (Å²) in [6.07, 6.45) is 4.44. The van der Waals surface area contributed by atoms with E-state index in [1.54, 1.807) is 0 Å². The lowest BCUT2D eigenvalue weighted by Crippen LogP contribution is -2.35. The zero-order valence-electron chi connectivity index (χ0n) is 38.8. The van der Waals surface area contributed by atoms with E-state index in [2.05, 4.69) is 28.0 Å². The Morgan fingerprint density at radius 2 is 1.66 bits per heavy atom. The quantitative estimate of drug-likeness (QED) is 0.0595. The van der Waals surface area contributed by atoms with Crippen LogP contribution in [-0.2, 0) is 52.7 Å². The molecular formula is C44H66N6O16P2. The lowest BCUT2D eigenvalue weighted by molar-refractivity contribution is -0.120. The first-order valence-electron chi connectivity index (χ1n) is 23.4. The van der Waals surface area contributed by atoms with Gasteiger partial charge in [0.25, 0.3) is 5.56 Å². The summed E-state index contributed by atoms with van der Waals surface area (Å²) in [4.78, 5) is 72.4. The molecule has 1 aromatic heterocycles. The van der Waals surface area contributed by atoms with Gasteiger partial charge in [-0.2, -0.15) is 5.10 Å². The monoisotopic (exact) mass is 996 g/mol. The van der Waals surface area contributed by atoms with Gasteiger partial charge in [0, 0.05) is 62.3 Å². The van der Waals surface area contributed by atoms with E-state index in [0.717, 1.165) is 64.8 Å². The Morgan fingerprint density at radius 1 is 0.926 bits per heavy atom. The summed E-state index contributed by atoms with van der Waals surface area (Å²) in [5, 5.41) is 20.8. The molecule has 68 heavy (non-hydrogen) atoms. The molecule has 3 fully saturated rings. The fourth-order valence-electron chi connectivity index (χ4n) is 8.58. The largest absolute Gasteiger partial charge is 0.472 e. The number of benzene rings is 1. The summed E-state index contributed by atoms with van der Waals surface area (Å²) in [5.74, 6) is 0.0134. The molecule has 24 heteroatoms. The Labute approximate surface area is 394 Å². The van der Waals surface area contributed by atoms with Gasteiger partial charge in [-0.25, -0.2) is 18.7 Å². The van der Waals surface area contributed by atoms with Gasteiger partial charge >= 0.3 is 27.4 Å². The summed E-state index contributed by atoms with van der Waals surface area (Å²) >= 11 is 0. The molecule has 6 rings (SSSR count). The van der Waals surface area contributed by atoms with E-state index in [4.69, 9.17) is 37.4 Å². The average molecular weight is 997 g/mol. The van der Waals surface area contributed by atoms with E-state index in [1.165, 1.54) is 32.4 Å². The number of nitrogens with zero attached hydrogens (tertiary/aromatic N) is 2. The molecule has 9 atom stereocenters. The van der Waals surface area contributed by atoms with Crippen LogP contribution in [0.1, 0.15) is 114 Å². The number of aromatic nitrogens is 2. The average Bonchev–Trinajstić information content (AvgIpc) is 3.89. The summed E-state index contributed by atoms with van der Waals surface area (Å²) in [7, 11) is -9.50. The summed E-state index contributed by atoms with van der Waals surface area (Å²) < 4.78 is 64.1. The summed E-state index contributed by atoms with van der Waals surface area (Å²) in [5.41, 5.74) is 6.83. The number of rotatable bonds is 23. The van der Waals surface area contributed by atoms with Crippen LogP contribution in [0.2, 0.25) is 0 Å². The number of hydrogen-bond acceptors (Lipinski definition) is 16. The first kappa shape index (κ1) is 53.3. The van der Waals surface area contributed by atoms with Crippen molar-refractivity contribution < 1.29 is 65.9 Å². The number of H-pyrrole nitrogens is 1. The fraction of sp³-hybridized carbons (Fsp3) is 0.659. The third kappa shape index (κ3) is 15.7. The van der Waals surface area contributed by atoms with Gasteiger partial charge in [-0.05, 0) is 56.2 Å². The molecule has 6 unspecified atom stereocenters. The van der Waals surface area contributed by atoms with Crippen LogP contribution in [-0.4, -0.2) is 112 Å². The van der Waals surface area contributed by atoms with Crippen LogP contribution >= 0.6 is 15.6 Å². The molecule has 2 amide bonds. The second kappa shape index (κ2) is 25.2. The number of phosphoric ester groups is 2. The van der Waals surface area contributed by atoms with Crippen LogP contribution in [0, 0.1) is 12.8 Å². The van der Waals surface area contributed by atoms with Crippen LogP contribution in [0.4, 0.5) is 4.79 Å². The third-order valence-corrected chi connectivity index (χ3v) is 14.3. The van der Waals surface area contributed by atoms with E-state index in [9.17, 15) is 43.2 Å². The van der Waals surface area contributed by atoms with Crippen molar-refractivity contribution in [3.8, 4) is 0 Å². The predicted octanol–water partition coefficient (Wildman–Crippen LogP) is 4.50. The zero-order valence-corrected chi connectivity index (χ0v) is 40.6. The highest BCUT2D eigenvalue weighted by Crippen LogP contribution is 2.49. The zero-order chi connectivity index (χ0) is 48.8. The van der Waals surface area contributed by atoms with Crippen LogP contribution in [0.5, 0.6) is 0 Å². The number of amides is 2. The number of ether oxygens (including phenoxy) is 3. The first-order chi connectivity index (χ1) is 32.5. The molecule has 1 saturated carbocycles. The molecule has 1 aromatic carbocycles. The highest BCUT2D eigenvalue weighted by Gasteiger charge is 2.41. The molecule has 4 heterocycles. The standard InChI is InChI=1S/C44H66N6O16P2/c1-4-5-6-7-10-18-45-39(52)22-30-13-15-31(16-14-30)41-33-12-9-8-11-32(23-34(33)29(3)48-49-41)64-44(55)46-19-21-61-67(56,57)62-27-38-36(17-20-60-38)66-68(58,59)63-26-37-35(51)24-40(65-37)50-25-28(2)42(53)47-43(50)54/h13-16,25,32-33,35-38,40,48,51H,4-12,17-24,26-27H2,1-3H3,(H,45,52)(H,46,55)(H,56,57)(H,58,59)(H,47,53,54)/t32?,33?,35?,36?,37-,38-,40-/m1/s1. The maximum absolute atomic E-state index is 12.9. The van der Waals surface area contributed by atoms with Gasteiger partial charge in [0.15, 0.2) is 0 Å². The van der Waals surface area contributed by atoms with Crippen molar-refractivity contribution >= 4 is 33.4 Å². The number of hydrogen-bond donors (Lipinski definition) is 7. The Balaban J connectivity index is 0.891. The number of hydrazone groups is 1. The second-order valence-electron chi connectivity index (χ2n) is 17.5. The van der Waals surface area contributed by atoms with Gasteiger partial charge in [-0.15, -0.1) is 0 Å². The van der Waals surface area contributed by atoms with Crippen molar-refractivity contribution in [3.63, 3.8) is 0 Å². The number of carbonyl (C=O) groups is 2. The SMILES string of the molecule is CCCCCCCNC(=O)Cc1ccc(C2=NNC(C)=C3CC(OC(=O)NCCOP(=O)(O)OC[C@H]4OCCC4OP(=O)(O)OC[C@H]4O[C@@H](n5cc(C)c(=O)[nH]c5=O)CC4O)CCCCC23)cc1. The van der Waals surface area contributed by atoms with Crippen LogP contribution in [0.25, 0.3) is 0 Å². The molecule has 4 aliphatic rings. The number of carbonyl (C=O) groups excluding carboxylic acids is 2. The number of fused-ring (bicyclic) bond motifs is 1. The lowest BCUT2D eigenvalue weighted by Gasteiger charge is -2.33. The minimum absolute atomic E-state index is 0.00503. The number of aryl methyl sites for hydroxylation is 1. The van der Waals surface area contributed by atoms with E-state index in [-0.39, 0.29) is 43.4 Å².